The first-order valence-corrected chi connectivity index (χ1v) is 6.41. The molecule has 1 aromatic carbocycles. The molecule has 1 aliphatic heterocycles. The van der Waals surface area contributed by atoms with Crippen molar-refractivity contribution in [3.8, 4) is 0 Å². The molecule has 1 aromatic rings. The van der Waals surface area contributed by atoms with Crippen LogP contribution >= 0.6 is 15.9 Å². The van der Waals surface area contributed by atoms with Gasteiger partial charge in [0, 0.05) is 11.0 Å². The molecule has 2 atom stereocenters. The monoisotopic (exact) mass is 298 g/mol. The van der Waals surface area contributed by atoms with Gasteiger partial charge in [0.25, 0.3) is 5.91 Å². The van der Waals surface area contributed by atoms with E-state index in [1.807, 2.05) is 24.3 Å². The second kappa shape index (κ2) is 5.62. The summed E-state index contributed by atoms with van der Waals surface area (Å²) < 4.78 is 6.39. The Morgan fingerprint density at radius 3 is 2.88 bits per heavy atom. The lowest BCUT2D eigenvalue weighted by atomic mass is 10.2. The summed E-state index contributed by atoms with van der Waals surface area (Å²) in [5.41, 5.74) is 6.27. The van der Waals surface area contributed by atoms with E-state index in [9.17, 15) is 4.79 Å². The minimum atomic E-state index is -0.379. The number of ether oxygens (including phenoxy) is 1. The molecule has 1 fully saturated rings. The number of carbonyl (C=O) groups is 1. The molecule has 92 valence electrons. The normalized spacial score (nSPS) is 23.6. The quantitative estimate of drug-likeness (QED) is 0.896. The number of carbonyl (C=O) groups excluding carboxylic acids is 1. The highest BCUT2D eigenvalue weighted by Gasteiger charge is 2.29. The smallest absolute Gasteiger partial charge is 0.253 e. The van der Waals surface area contributed by atoms with Gasteiger partial charge in [-0.3, -0.25) is 4.79 Å². The first-order valence-electron chi connectivity index (χ1n) is 5.61. The fourth-order valence-corrected chi connectivity index (χ4v) is 2.23. The van der Waals surface area contributed by atoms with Gasteiger partial charge in [-0.05, 0) is 40.9 Å². The molecule has 2 rings (SSSR count). The van der Waals surface area contributed by atoms with E-state index in [4.69, 9.17) is 10.5 Å². The second-order valence-electron chi connectivity index (χ2n) is 4.03. The molecular formula is C12H15BrN2O2. The predicted molar refractivity (Wildman–Crippen MR) is 69.7 cm³/mol. The van der Waals surface area contributed by atoms with Crippen LogP contribution in [-0.2, 0) is 9.53 Å². The topological polar surface area (TPSA) is 64.4 Å². The summed E-state index contributed by atoms with van der Waals surface area (Å²) in [5, 5.41) is 2.85. The lowest BCUT2D eigenvalue weighted by Gasteiger charge is -2.13. The zero-order chi connectivity index (χ0) is 12.3. The molecule has 0 aromatic heterocycles. The second-order valence-corrected chi connectivity index (χ2v) is 4.88. The molecule has 5 heteroatoms. The summed E-state index contributed by atoms with van der Waals surface area (Å²) in [4.78, 5) is 11.9. The Balaban J connectivity index is 1.96. The first-order chi connectivity index (χ1) is 8.20. The van der Waals surface area contributed by atoms with Gasteiger partial charge in [0.15, 0.2) is 0 Å². The summed E-state index contributed by atoms with van der Waals surface area (Å²) in [5.74, 6) is -0.104. The van der Waals surface area contributed by atoms with E-state index < -0.39 is 0 Å². The van der Waals surface area contributed by atoms with Crippen LogP contribution in [0.5, 0.6) is 0 Å². The number of amides is 1. The first kappa shape index (κ1) is 12.5. The van der Waals surface area contributed by atoms with Gasteiger partial charge in [0.05, 0.1) is 11.8 Å². The maximum atomic E-state index is 11.9. The van der Waals surface area contributed by atoms with E-state index in [-0.39, 0.29) is 18.1 Å². The number of benzene rings is 1. The molecular weight excluding hydrogens is 284 g/mol. The van der Waals surface area contributed by atoms with Crippen molar-refractivity contribution in [2.24, 2.45) is 5.73 Å². The number of halogens is 1. The number of nitrogens with one attached hydrogen (secondary N) is 1. The van der Waals surface area contributed by atoms with Crippen molar-refractivity contribution in [1.29, 1.82) is 0 Å². The van der Waals surface area contributed by atoms with Crippen molar-refractivity contribution in [1.82, 2.24) is 0 Å². The van der Waals surface area contributed by atoms with Crippen LogP contribution in [0.1, 0.15) is 12.8 Å². The predicted octanol–water partition coefficient (Wildman–Crippen LogP) is 1.89. The van der Waals surface area contributed by atoms with E-state index >= 15 is 0 Å². The van der Waals surface area contributed by atoms with Gasteiger partial charge in [-0.1, -0.05) is 12.1 Å². The Morgan fingerprint density at radius 2 is 2.24 bits per heavy atom. The van der Waals surface area contributed by atoms with Gasteiger partial charge in [-0.15, -0.1) is 0 Å². The van der Waals surface area contributed by atoms with Crippen LogP contribution in [0.4, 0.5) is 5.69 Å². The molecule has 4 nitrogen and oxygen atoms in total. The molecule has 0 bridgehead atoms. The molecule has 1 saturated heterocycles. The Morgan fingerprint density at radius 1 is 1.47 bits per heavy atom. The SMILES string of the molecule is NCC1CCC(C(=O)Nc2ccccc2Br)O1. The molecule has 0 saturated carbocycles. The molecule has 0 radical (unpaired) electrons. The van der Waals surface area contributed by atoms with E-state index in [0.29, 0.717) is 6.54 Å². The number of rotatable bonds is 3. The van der Waals surface area contributed by atoms with Crippen molar-refractivity contribution >= 4 is 27.5 Å². The standard InChI is InChI=1S/C12H15BrN2O2/c13-9-3-1-2-4-10(9)15-12(16)11-6-5-8(7-14)17-11/h1-4,8,11H,5-7,14H2,(H,15,16). The highest BCUT2D eigenvalue weighted by molar-refractivity contribution is 9.10. The van der Waals surface area contributed by atoms with Crippen molar-refractivity contribution in [3.05, 3.63) is 28.7 Å². The van der Waals surface area contributed by atoms with E-state index in [1.54, 1.807) is 0 Å². The minimum Gasteiger partial charge on any atom is -0.364 e. The van der Waals surface area contributed by atoms with Gasteiger partial charge >= 0.3 is 0 Å². The number of para-hydroxylation sites is 1. The van der Waals surface area contributed by atoms with E-state index in [0.717, 1.165) is 23.0 Å². The minimum absolute atomic E-state index is 0.0185. The zero-order valence-electron chi connectivity index (χ0n) is 9.36. The summed E-state index contributed by atoms with van der Waals surface area (Å²) in [6, 6.07) is 7.50. The van der Waals surface area contributed by atoms with E-state index in [1.165, 1.54) is 0 Å². The Hall–Kier alpha value is -0.910. The molecule has 0 aliphatic carbocycles. The molecule has 17 heavy (non-hydrogen) atoms. The van der Waals surface area contributed by atoms with Crippen LogP contribution in [0, 0.1) is 0 Å². The van der Waals surface area contributed by atoms with Crippen LogP contribution in [0.2, 0.25) is 0 Å². The number of nitrogens with two attached hydrogens (primary N) is 1. The van der Waals surface area contributed by atoms with Gasteiger partial charge < -0.3 is 15.8 Å². The highest BCUT2D eigenvalue weighted by Crippen LogP contribution is 2.24. The lowest BCUT2D eigenvalue weighted by Crippen LogP contribution is -2.29. The third-order valence-electron chi connectivity index (χ3n) is 2.79. The maximum Gasteiger partial charge on any atom is 0.253 e. The molecule has 1 aliphatic rings. The summed E-state index contributed by atoms with van der Waals surface area (Å²) in [7, 11) is 0. The third kappa shape index (κ3) is 3.06. The summed E-state index contributed by atoms with van der Waals surface area (Å²) in [6.45, 7) is 0.471. The van der Waals surface area contributed by atoms with Gasteiger partial charge in [0.1, 0.15) is 6.10 Å². The van der Waals surface area contributed by atoms with Crippen LogP contribution in [0.15, 0.2) is 28.7 Å². The summed E-state index contributed by atoms with van der Waals surface area (Å²) >= 11 is 3.38. The Labute approximate surface area is 109 Å². The van der Waals surface area contributed by atoms with Crippen LogP contribution in [0.25, 0.3) is 0 Å². The van der Waals surface area contributed by atoms with Crippen molar-refractivity contribution < 1.29 is 9.53 Å². The maximum absolute atomic E-state index is 11.9. The lowest BCUT2D eigenvalue weighted by molar-refractivity contribution is -0.126. The average molecular weight is 299 g/mol. The molecule has 0 spiro atoms. The van der Waals surface area contributed by atoms with Crippen molar-refractivity contribution in [2.45, 2.75) is 25.0 Å². The molecule has 1 amide bonds. The van der Waals surface area contributed by atoms with Crippen LogP contribution in [-0.4, -0.2) is 24.7 Å². The number of anilines is 1. The molecule has 3 N–H and O–H groups in total. The van der Waals surface area contributed by atoms with Crippen LogP contribution < -0.4 is 11.1 Å². The molecule has 1 heterocycles. The summed E-state index contributed by atoms with van der Waals surface area (Å²) in [6.07, 6.45) is 1.23. The number of hydrogen-bond donors (Lipinski definition) is 2. The van der Waals surface area contributed by atoms with Gasteiger partial charge in [0.2, 0.25) is 0 Å². The average Bonchev–Trinajstić information content (AvgIpc) is 2.81. The van der Waals surface area contributed by atoms with Gasteiger partial charge in [-0.2, -0.15) is 0 Å². The van der Waals surface area contributed by atoms with Crippen LogP contribution in [0.3, 0.4) is 0 Å². The number of hydrogen-bond acceptors (Lipinski definition) is 3. The third-order valence-corrected chi connectivity index (χ3v) is 3.49. The fraction of sp³-hybridized carbons (Fsp3) is 0.417. The largest absolute Gasteiger partial charge is 0.364 e. The Kier molecular flexibility index (Phi) is 4.15. The Bertz CT molecular complexity index is 411. The highest BCUT2D eigenvalue weighted by atomic mass is 79.9. The van der Waals surface area contributed by atoms with E-state index in [2.05, 4.69) is 21.2 Å². The van der Waals surface area contributed by atoms with Crippen molar-refractivity contribution in [2.75, 3.05) is 11.9 Å². The van der Waals surface area contributed by atoms with Crippen molar-refractivity contribution in [3.63, 3.8) is 0 Å². The fourth-order valence-electron chi connectivity index (χ4n) is 1.85. The zero-order valence-corrected chi connectivity index (χ0v) is 10.9. The van der Waals surface area contributed by atoms with Gasteiger partial charge in [-0.25, -0.2) is 0 Å². The molecule has 2 unspecified atom stereocenters.